The highest BCUT2D eigenvalue weighted by Crippen LogP contribution is 1.92. The summed E-state index contributed by atoms with van der Waals surface area (Å²) in [5.74, 6) is 0.168. The zero-order valence-electron chi connectivity index (χ0n) is 10.4. The van der Waals surface area contributed by atoms with Gasteiger partial charge >= 0.3 is 0 Å². The first-order valence-electron chi connectivity index (χ1n) is 6.20. The third-order valence-corrected chi connectivity index (χ3v) is 2.56. The Morgan fingerprint density at radius 1 is 1.20 bits per heavy atom. The summed E-state index contributed by atoms with van der Waals surface area (Å²) in [5, 5.41) is 6.23. The van der Waals surface area contributed by atoms with E-state index in [1.54, 1.807) is 0 Å². The van der Waals surface area contributed by atoms with Crippen LogP contribution >= 0.6 is 0 Å². The van der Waals surface area contributed by atoms with E-state index in [1.807, 2.05) is 0 Å². The molecule has 0 aromatic carbocycles. The van der Waals surface area contributed by atoms with Crippen molar-refractivity contribution < 1.29 is 4.79 Å². The van der Waals surface area contributed by atoms with Crippen LogP contribution in [0.2, 0.25) is 0 Å². The van der Waals surface area contributed by atoms with Gasteiger partial charge in [0.15, 0.2) is 0 Å². The number of hydrogen-bond acceptors (Lipinski definition) is 2. The Labute approximate surface area is 94.0 Å². The van der Waals surface area contributed by atoms with Gasteiger partial charge in [-0.1, -0.05) is 26.7 Å². The van der Waals surface area contributed by atoms with Crippen molar-refractivity contribution in [1.82, 2.24) is 10.6 Å². The van der Waals surface area contributed by atoms with Gasteiger partial charge in [0.25, 0.3) is 0 Å². The lowest BCUT2D eigenvalue weighted by Gasteiger charge is -2.10. The second-order valence-corrected chi connectivity index (χ2v) is 4.07. The van der Waals surface area contributed by atoms with E-state index in [0.29, 0.717) is 12.5 Å². The van der Waals surface area contributed by atoms with Crippen LogP contribution < -0.4 is 10.6 Å². The molecule has 0 aliphatic heterocycles. The third kappa shape index (κ3) is 9.73. The standard InChI is InChI=1S/C12H26N2O/c1-4-6-7-9-14-12(15)8-10-13-11(3)5-2/h11,13H,4-10H2,1-3H3,(H,14,15). The van der Waals surface area contributed by atoms with Gasteiger partial charge in [0.1, 0.15) is 0 Å². The predicted molar refractivity (Wildman–Crippen MR) is 64.9 cm³/mol. The van der Waals surface area contributed by atoms with Gasteiger partial charge in [-0.25, -0.2) is 0 Å². The topological polar surface area (TPSA) is 41.1 Å². The maximum Gasteiger partial charge on any atom is 0.221 e. The molecule has 0 spiro atoms. The number of nitrogens with one attached hydrogen (secondary N) is 2. The summed E-state index contributed by atoms with van der Waals surface area (Å²) in [6.07, 6.45) is 5.20. The summed E-state index contributed by atoms with van der Waals surface area (Å²) >= 11 is 0. The van der Waals surface area contributed by atoms with E-state index in [2.05, 4.69) is 31.4 Å². The van der Waals surface area contributed by atoms with Crippen molar-refractivity contribution in [1.29, 1.82) is 0 Å². The molecule has 1 atom stereocenters. The first-order chi connectivity index (χ1) is 7.20. The van der Waals surface area contributed by atoms with E-state index in [0.717, 1.165) is 25.9 Å². The van der Waals surface area contributed by atoms with Gasteiger partial charge < -0.3 is 10.6 Å². The average Bonchev–Trinajstić information content (AvgIpc) is 2.24. The maximum absolute atomic E-state index is 11.3. The summed E-state index contributed by atoms with van der Waals surface area (Å²) in [6.45, 7) is 8.06. The molecule has 1 amide bonds. The Morgan fingerprint density at radius 2 is 1.93 bits per heavy atom. The van der Waals surface area contributed by atoms with Crippen LogP contribution in [0.5, 0.6) is 0 Å². The van der Waals surface area contributed by atoms with Crippen molar-refractivity contribution in [3.05, 3.63) is 0 Å². The normalized spacial score (nSPS) is 12.5. The fraction of sp³-hybridized carbons (Fsp3) is 0.917. The molecule has 1 unspecified atom stereocenters. The van der Waals surface area contributed by atoms with E-state index < -0.39 is 0 Å². The molecule has 2 N–H and O–H groups in total. The van der Waals surface area contributed by atoms with Crippen molar-refractivity contribution in [2.45, 2.75) is 58.9 Å². The molecule has 0 aromatic heterocycles. The van der Waals surface area contributed by atoms with Crippen LogP contribution in [0.15, 0.2) is 0 Å². The van der Waals surface area contributed by atoms with Crippen LogP contribution in [-0.4, -0.2) is 25.0 Å². The van der Waals surface area contributed by atoms with E-state index in [9.17, 15) is 4.79 Å². The molecule has 0 saturated carbocycles. The molecule has 3 nitrogen and oxygen atoms in total. The molecule has 0 heterocycles. The summed E-state index contributed by atoms with van der Waals surface area (Å²) in [4.78, 5) is 11.3. The van der Waals surface area contributed by atoms with Gasteiger partial charge in [0.2, 0.25) is 5.91 Å². The molecule has 3 heteroatoms. The van der Waals surface area contributed by atoms with Gasteiger partial charge in [0, 0.05) is 25.6 Å². The minimum Gasteiger partial charge on any atom is -0.356 e. The number of carbonyl (C=O) groups excluding carboxylic acids is 1. The first-order valence-corrected chi connectivity index (χ1v) is 6.20. The molecule has 0 radical (unpaired) electrons. The lowest BCUT2D eigenvalue weighted by atomic mass is 10.2. The highest BCUT2D eigenvalue weighted by molar-refractivity contribution is 5.75. The third-order valence-electron chi connectivity index (χ3n) is 2.56. The summed E-state index contributed by atoms with van der Waals surface area (Å²) in [7, 11) is 0. The van der Waals surface area contributed by atoms with E-state index in [-0.39, 0.29) is 5.91 Å². The van der Waals surface area contributed by atoms with E-state index in [4.69, 9.17) is 0 Å². The molecule has 0 rings (SSSR count). The van der Waals surface area contributed by atoms with Gasteiger partial charge in [-0.2, -0.15) is 0 Å². The highest BCUT2D eigenvalue weighted by atomic mass is 16.1. The lowest BCUT2D eigenvalue weighted by molar-refractivity contribution is -0.121. The maximum atomic E-state index is 11.3. The molecule has 0 saturated heterocycles. The Balaban J connectivity index is 3.26. The van der Waals surface area contributed by atoms with Gasteiger partial charge in [0.05, 0.1) is 0 Å². The molecule has 90 valence electrons. The SMILES string of the molecule is CCCCCNC(=O)CCNC(C)CC. The number of carbonyl (C=O) groups is 1. The molecular formula is C12H26N2O. The van der Waals surface area contributed by atoms with Crippen LogP contribution in [0, 0.1) is 0 Å². The Bertz CT molecular complexity index is 160. The number of unbranched alkanes of at least 4 members (excludes halogenated alkanes) is 2. The fourth-order valence-corrected chi connectivity index (χ4v) is 1.27. The van der Waals surface area contributed by atoms with Crippen LogP contribution in [0.4, 0.5) is 0 Å². The molecule has 0 aromatic rings. The fourth-order valence-electron chi connectivity index (χ4n) is 1.27. The molecule has 0 aliphatic carbocycles. The summed E-state index contributed by atoms with van der Waals surface area (Å²) < 4.78 is 0. The van der Waals surface area contributed by atoms with Gasteiger partial charge in [-0.15, -0.1) is 0 Å². The average molecular weight is 214 g/mol. The van der Waals surface area contributed by atoms with Gasteiger partial charge in [-0.3, -0.25) is 4.79 Å². The summed E-state index contributed by atoms with van der Waals surface area (Å²) in [5.41, 5.74) is 0. The first kappa shape index (κ1) is 14.4. The van der Waals surface area contributed by atoms with Crippen LogP contribution in [0.3, 0.4) is 0 Å². The van der Waals surface area contributed by atoms with Crippen LogP contribution in [0.1, 0.15) is 52.9 Å². The number of rotatable bonds is 9. The molecule has 0 fully saturated rings. The smallest absolute Gasteiger partial charge is 0.221 e. The second kappa shape index (κ2) is 9.97. The van der Waals surface area contributed by atoms with Crippen molar-refractivity contribution in [3.63, 3.8) is 0 Å². The zero-order chi connectivity index (χ0) is 11.5. The minimum absolute atomic E-state index is 0.168. The van der Waals surface area contributed by atoms with Crippen molar-refractivity contribution in [2.24, 2.45) is 0 Å². The molecule has 0 bridgehead atoms. The Kier molecular flexibility index (Phi) is 9.59. The monoisotopic (exact) mass is 214 g/mol. The van der Waals surface area contributed by atoms with Gasteiger partial charge in [-0.05, 0) is 19.8 Å². The zero-order valence-corrected chi connectivity index (χ0v) is 10.4. The largest absolute Gasteiger partial charge is 0.356 e. The van der Waals surface area contributed by atoms with E-state index >= 15 is 0 Å². The molecular weight excluding hydrogens is 188 g/mol. The highest BCUT2D eigenvalue weighted by Gasteiger charge is 2.01. The van der Waals surface area contributed by atoms with Crippen molar-refractivity contribution in [2.75, 3.05) is 13.1 Å². The van der Waals surface area contributed by atoms with Crippen LogP contribution in [0.25, 0.3) is 0 Å². The number of amides is 1. The lowest BCUT2D eigenvalue weighted by Crippen LogP contribution is -2.32. The molecule has 0 aliphatic rings. The van der Waals surface area contributed by atoms with Crippen LogP contribution in [-0.2, 0) is 4.79 Å². The van der Waals surface area contributed by atoms with Crippen molar-refractivity contribution in [3.8, 4) is 0 Å². The molecule has 15 heavy (non-hydrogen) atoms. The quantitative estimate of drug-likeness (QED) is 0.577. The van der Waals surface area contributed by atoms with Crippen molar-refractivity contribution >= 4 is 5.91 Å². The second-order valence-electron chi connectivity index (χ2n) is 4.07. The minimum atomic E-state index is 0.168. The Hall–Kier alpha value is -0.570. The number of hydrogen-bond donors (Lipinski definition) is 2. The summed E-state index contributed by atoms with van der Waals surface area (Å²) in [6, 6.07) is 0.512. The van der Waals surface area contributed by atoms with E-state index in [1.165, 1.54) is 12.8 Å². The predicted octanol–water partition coefficient (Wildman–Crippen LogP) is 2.07. The Morgan fingerprint density at radius 3 is 2.53 bits per heavy atom.